The van der Waals surface area contributed by atoms with E-state index in [0.717, 1.165) is 5.56 Å². The number of hydrogen-bond acceptors (Lipinski definition) is 3. The van der Waals surface area contributed by atoms with Crippen LogP contribution in [0.25, 0.3) is 0 Å². The van der Waals surface area contributed by atoms with E-state index < -0.39 is 0 Å². The first-order chi connectivity index (χ1) is 7.58. The number of hydrogen-bond donors (Lipinski definition) is 1. The highest BCUT2D eigenvalue weighted by atomic mass is 19.1. The number of nitrogens with two attached hydrogens (primary N) is 1. The van der Waals surface area contributed by atoms with Crippen molar-refractivity contribution in [2.75, 3.05) is 13.7 Å². The van der Waals surface area contributed by atoms with Gasteiger partial charge in [-0.15, -0.1) is 0 Å². The van der Waals surface area contributed by atoms with Gasteiger partial charge in [0.2, 0.25) is 0 Å². The second-order valence-corrected chi connectivity index (χ2v) is 3.72. The molecule has 0 amide bonds. The number of aryl methyl sites for hydroxylation is 1. The summed E-state index contributed by atoms with van der Waals surface area (Å²) in [5, 5.41) is 0. The van der Waals surface area contributed by atoms with Crippen molar-refractivity contribution in [3.8, 4) is 0 Å². The van der Waals surface area contributed by atoms with Crippen LogP contribution in [0.2, 0.25) is 0 Å². The molecule has 3 nitrogen and oxygen atoms in total. The van der Waals surface area contributed by atoms with Crippen molar-refractivity contribution in [1.82, 2.24) is 0 Å². The van der Waals surface area contributed by atoms with E-state index in [1.807, 2.05) is 0 Å². The number of methoxy groups -OCH3 is 1. The minimum Gasteiger partial charge on any atom is -0.469 e. The molecule has 0 aliphatic carbocycles. The number of carbonyl (C=O) groups is 1. The molecule has 1 unspecified atom stereocenters. The first-order valence-electron chi connectivity index (χ1n) is 5.11. The second-order valence-electron chi connectivity index (χ2n) is 3.72. The molecule has 0 saturated carbocycles. The molecule has 16 heavy (non-hydrogen) atoms. The third-order valence-electron chi connectivity index (χ3n) is 2.58. The molecule has 0 aliphatic heterocycles. The van der Waals surface area contributed by atoms with Gasteiger partial charge in [-0.1, -0.05) is 12.1 Å². The van der Waals surface area contributed by atoms with E-state index in [-0.39, 0.29) is 24.1 Å². The van der Waals surface area contributed by atoms with Gasteiger partial charge in [0.1, 0.15) is 5.82 Å². The average molecular weight is 225 g/mol. The van der Waals surface area contributed by atoms with Gasteiger partial charge in [0, 0.05) is 5.92 Å². The quantitative estimate of drug-likeness (QED) is 0.794. The third-order valence-corrected chi connectivity index (χ3v) is 2.58. The summed E-state index contributed by atoms with van der Waals surface area (Å²) in [6.07, 6.45) is 0.220. The van der Waals surface area contributed by atoms with Gasteiger partial charge in [0.05, 0.1) is 13.5 Å². The summed E-state index contributed by atoms with van der Waals surface area (Å²) >= 11 is 0. The van der Waals surface area contributed by atoms with Gasteiger partial charge in [-0.25, -0.2) is 4.39 Å². The highest BCUT2D eigenvalue weighted by molar-refractivity contribution is 5.70. The van der Waals surface area contributed by atoms with Crippen molar-refractivity contribution in [2.24, 2.45) is 5.73 Å². The molecule has 0 bridgehead atoms. The van der Waals surface area contributed by atoms with Crippen LogP contribution in [0, 0.1) is 12.7 Å². The Bertz CT molecular complexity index is 379. The Morgan fingerprint density at radius 3 is 2.75 bits per heavy atom. The fourth-order valence-electron chi connectivity index (χ4n) is 1.54. The number of esters is 1. The molecule has 0 saturated heterocycles. The third kappa shape index (κ3) is 3.03. The van der Waals surface area contributed by atoms with E-state index >= 15 is 0 Å². The molecule has 88 valence electrons. The minimum atomic E-state index is -0.308. The highest BCUT2D eigenvalue weighted by Crippen LogP contribution is 2.21. The van der Waals surface area contributed by atoms with Crippen molar-refractivity contribution in [1.29, 1.82) is 0 Å². The number of rotatable bonds is 4. The lowest BCUT2D eigenvalue weighted by Crippen LogP contribution is -2.17. The fraction of sp³-hybridized carbons (Fsp3) is 0.417. The lowest BCUT2D eigenvalue weighted by molar-refractivity contribution is -0.141. The largest absolute Gasteiger partial charge is 0.469 e. The predicted octanol–water partition coefficient (Wildman–Crippen LogP) is 1.74. The Kier molecular flexibility index (Phi) is 4.43. The Hall–Kier alpha value is -1.42. The zero-order valence-corrected chi connectivity index (χ0v) is 9.50. The Morgan fingerprint density at radius 1 is 1.56 bits per heavy atom. The molecule has 1 aromatic rings. The van der Waals surface area contributed by atoms with Gasteiger partial charge in [0.25, 0.3) is 0 Å². The van der Waals surface area contributed by atoms with Crippen molar-refractivity contribution in [2.45, 2.75) is 19.3 Å². The zero-order chi connectivity index (χ0) is 12.1. The van der Waals surface area contributed by atoms with E-state index in [1.54, 1.807) is 19.1 Å². The van der Waals surface area contributed by atoms with Crippen LogP contribution >= 0.6 is 0 Å². The van der Waals surface area contributed by atoms with Crippen LogP contribution in [0.5, 0.6) is 0 Å². The van der Waals surface area contributed by atoms with Crippen LogP contribution in [0.4, 0.5) is 4.39 Å². The molecule has 1 atom stereocenters. The first kappa shape index (κ1) is 12.6. The smallest absolute Gasteiger partial charge is 0.306 e. The van der Waals surface area contributed by atoms with Crippen molar-refractivity contribution in [3.05, 3.63) is 35.1 Å². The standard InChI is InChI=1S/C12H16FNO2/c1-8-5-9(3-4-11(8)13)10(7-14)6-12(15)16-2/h3-5,10H,6-7,14H2,1-2H3. The Balaban J connectivity index is 2.86. The molecule has 0 spiro atoms. The van der Waals surface area contributed by atoms with E-state index in [0.29, 0.717) is 12.1 Å². The van der Waals surface area contributed by atoms with Crippen LogP contribution in [0.15, 0.2) is 18.2 Å². The lowest BCUT2D eigenvalue weighted by Gasteiger charge is -2.14. The SMILES string of the molecule is COC(=O)CC(CN)c1ccc(F)c(C)c1. The maximum atomic E-state index is 13.1. The molecule has 0 radical (unpaired) electrons. The molecule has 1 rings (SSSR count). The summed E-state index contributed by atoms with van der Waals surface area (Å²) in [7, 11) is 1.34. The van der Waals surface area contributed by atoms with Gasteiger partial charge in [0.15, 0.2) is 0 Å². The monoisotopic (exact) mass is 225 g/mol. The Labute approximate surface area is 94.4 Å². The first-order valence-corrected chi connectivity index (χ1v) is 5.11. The summed E-state index contributed by atoms with van der Waals surface area (Å²) in [4.78, 5) is 11.2. The average Bonchev–Trinajstić information content (AvgIpc) is 2.29. The van der Waals surface area contributed by atoms with Crippen LogP contribution in [-0.2, 0) is 9.53 Å². The number of halogens is 1. The van der Waals surface area contributed by atoms with Crippen molar-refractivity contribution < 1.29 is 13.9 Å². The van der Waals surface area contributed by atoms with Crippen LogP contribution < -0.4 is 5.73 Å². The summed E-state index contributed by atoms with van der Waals surface area (Å²) in [6.45, 7) is 2.02. The summed E-state index contributed by atoms with van der Waals surface area (Å²) in [5.41, 5.74) is 7.02. The van der Waals surface area contributed by atoms with Gasteiger partial charge >= 0.3 is 5.97 Å². The van der Waals surface area contributed by atoms with Crippen molar-refractivity contribution in [3.63, 3.8) is 0 Å². The molecule has 2 N–H and O–H groups in total. The Morgan fingerprint density at radius 2 is 2.25 bits per heavy atom. The number of benzene rings is 1. The van der Waals surface area contributed by atoms with E-state index in [1.165, 1.54) is 13.2 Å². The molecule has 0 fully saturated rings. The molecule has 1 aromatic carbocycles. The minimum absolute atomic E-state index is 0.119. The van der Waals surface area contributed by atoms with Gasteiger partial charge in [-0.3, -0.25) is 4.79 Å². The van der Waals surface area contributed by atoms with Gasteiger partial charge < -0.3 is 10.5 Å². The van der Waals surface area contributed by atoms with Crippen molar-refractivity contribution >= 4 is 5.97 Å². The molecule has 0 aromatic heterocycles. The molecular weight excluding hydrogens is 209 g/mol. The van der Waals surface area contributed by atoms with Crippen LogP contribution in [0.1, 0.15) is 23.5 Å². The lowest BCUT2D eigenvalue weighted by atomic mass is 9.94. The van der Waals surface area contributed by atoms with Crippen LogP contribution in [0.3, 0.4) is 0 Å². The molecule has 0 heterocycles. The number of carbonyl (C=O) groups excluding carboxylic acids is 1. The highest BCUT2D eigenvalue weighted by Gasteiger charge is 2.15. The van der Waals surface area contributed by atoms with Gasteiger partial charge in [-0.2, -0.15) is 0 Å². The second kappa shape index (κ2) is 5.61. The van der Waals surface area contributed by atoms with Crippen LogP contribution in [-0.4, -0.2) is 19.6 Å². The van der Waals surface area contributed by atoms with E-state index in [2.05, 4.69) is 4.74 Å². The molecular formula is C12H16FNO2. The van der Waals surface area contributed by atoms with E-state index in [4.69, 9.17) is 5.73 Å². The zero-order valence-electron chi connectivity index (χ0n) is 9.50. The molecule has 0 aliphatic rings. The number of ether oxygens (including phenoxy) is 1. The van der Waals surface area contributed by atoms with Gasteiger partial charge in [-0.05, 0) is 30.7 Å². The summed E-state index contributed by atoms with van der Waals surface area (Å²) in [6, 6.07) is 4.77. The maximum absolute atomic E-state index is 13.1. The predicted molar refractivity (Wildman–Crippen MR) is 59.6 cm³/mol. The summed E-state index contributed by atoms with van der Waals surface area (Å²) in [5.74, 6) is -0.679. The molecule has 4 heteroatoms. The maximum Gasteiger partial charge on any atom is 0.306 e. The van der Waals surface area contributed by atoms with E-state index in [9.17, 15) is 9.18 Å². The summed E-state index contributed by atoms with van der Waals surface area (Å²) < 4.78 is 17.7. The topological polar surface area (TPSA) is 52.3 Å². The normalized spacial score (nSPS) is 12.2. The fourth-order valence-corrected chi connectivity index (χ4v) is 1.54.